The summed E-state index contributed by atoms with van der Waals surface area (Å²) in [5.41, 5.74) is 1.06. The Morgan fingerprint density at radius 1 is 1.50 bits per heavy atom. The Labute approximate surface area is 62.8 Å². The lowest BCUT2D eigenvalue weighted by molar-refractivity contribution is -0.106. The summed E-state index contributed by atoms with van der Waals surface area (Å²) in [7, 11) is 0. The molecule has 0 rings (SSSR count). The molecule has 0 unspecified atom stereocenters. The SMILES string of the molecule is C=C/C=C\C(=C)C.CC=O. The largest absolute Gasteiger partial charge is 0.304 e. The number of carbonyl (C=O) groups excluding carboxylic acids is 1. The molecule has 0 aromatic carbocycles. The van der Waals surface area contributed by atoms with E-state index in [4.69, 9.17) is 4.79 Å². The van der Waals surface area contributed by atoms with E-state index >= 15 is 0 Å². The molecule has 0 amide bonds. The molecule has 1 heteroatoms. The average Bonchev–Trinajstić information content (AvgIpc) is 1.85. The molecule has 0 N–H and O–H groups in total. The van der Waals surface area contributed by atoms with E-state index in [2.05, 4.69) is 13.2 Å². The first kappa shape index (κ1) is 11.7. The lowest BCUT2D eigenvalue weighted by Crippen LogP contribution is -1.55. The Balaban J connectivity index is 0. The van der Waals surface area contributed by atoms with E-state index in [1.54, 1.807) is 6.08 Å². The molecule has 1 nitrogen and oxygen atoms in total. The lowest BCUT2D eigenvalue weighted by Gasteiger charge is -1.77. The number of carbonyl (C=O) groups is 1. The first-order valence-electron chi connectivity index (χ1n) is 3.03. The molecular weight excluding hydrogens is 124 g/mol. The molecule has 0 radical (unpaired) electrons. The van der Waals surface area contributed by atoms with Crippen molar-refractivity contribution < 1.29 is 4.79 Å². The van der Waals surface area contributed by atoms with Gasteiger partial charge in [0.25, 0.3) is 0 Å². The second-order valence-electron chi connectivity index (χ2n) is 1.68. The van der Waals surface area contributed by atoms with Crippen LogP contribution in [-0.4, -0.2) is 6.29 Å². The Morgan fingerprint density at radius 3 is 2.00 bits per heavy atom. The molecule has 0 aliphatic heterocycles. The Kier molecular flexibility index (Phi) is 12.6. The van der Waals surface area contributed by atoms with Crippen molar-refractivity contribution in [3.05, 3.63) is 37.0 Å². The molecule has 0 aromatic rings. The third-order valence-corrected chi connectivity index (χ3v) is 0.517. The molecule has 0 spiro atoms. The highest BCUT2D eigenvalue weighted by atomic mass is 16.1. The number of aldehydes is 1. The maximum atomic E-state index is 8.81. The predicted molar refractivity (Wildman–Crippen MR) is 45.9 cm³/mol. The van der Waals surface area contributed by atoms with Gasteiger partial charge in [-0.25, -0.2) is 0 Å². The van der Waals surface area contributed by atoms with Crippen molar-refractivity contribution in [3.8, 4) is 0 Å². The normalized spacial score (nSPS) is 7.80. The van der Waals surface area contributed by atoms with Crippen molar-refractivity contribution in [3.63, 3.8) is 0 Å². The molecule has 0 aliphatic carbocycles. The Morgan fingerprint density at radius 2 is 1.90 bits per heavy atom. The number of rotatable bonds is 2. The summed E-state index contributed by atoms with van der Waals surface area (Å²) in [5.74, 6) is 0. The zero-order valence-electron chi connectivity index (χ0n) is 6.63. The van der Waals surface area contributed by atoms with Gasteiger partial charge < -0.3 is 4.79 Å². The third-order valence-electron chi connectivity index (χ3n) is 0.517. The summed E-state index contributed by atoms with van der Waals surface area (Å²) in [4.78, 5) is 8.81. The number of hydrogen-bond donors (Lipinski definition) is 0. The molecule has 0 fully saturated rings. The third kappa shape index (κ3) is 28.6. The van der Waals surface area contributed by atoms with Crippen LogP contribution in [-0.2, 0) is 4.79 Å². The van der Waals surface area contributed by atoms with Gasteiger partial charge in [0.2, 0.25) is 0 Å². The van der Waals surface area contributed by atoms with Crippen molar-refractivity contribution in [2.24, 2.45) is 0 Å². The molecule has 0 saturated carbocycles. The topological polar surface area (TPSA) is 17.1 Å². The van der Waals surface area contributed by atoms with E-state index in [1.165, 1.54) is 6.92 Å². The predicted octanol–water partition coefficient (Wildman–Crippen LogP) is 2.51. The summed E-state index contributed by atoms with van der Waals surface area (Å²) >= 11 is 0. The van der Waals surface area contributed by atoms with Crippen LogP contribution in [0.15, 0.2) is 37.0 Å². The molecule has 56 valence electrons. The van der Waals surface area contributed by atoms with E-state index < -0.39 is 0 Å². The molecule has 0 saturated heterocycles. The lowest BCUT2D eigenvalue weighted by atomic mass is 10.3. The second kappa shape index (κ2) is 10.8. The highest BCUT2D eigenvalue weighted by Gasteiger charge is 1.65. The van der Waals surface area contributed by atoms with Gasteiger partial charge >= 0.3 is 0 Å². The van der Waals surface area contributed by atoms with Crippen LogP contribution in [0.4, 0.5) is 0 Å². The van der Waals surface area contributed by atoms with Crippen LogP contribution in [0.25, 0.3) is 0 Å². The molecule has 0 bridgehead atoms. The van der Waals surface area contributed by atoms with E-state index in [0.29, 0.717) is 0 Å². The van der Waals surface area contributed by atoms with Crippen molar-refractivity contribution in [1.29, 1.82) is 0 Å². The second-order valence-corrected chi connectivity index (χ2v) is 1.68. The summed E-state index contributed by atoms with van der Waals surface area (Å²) in [6, 6.07) is 0. The zero-order valence-corrected chi connectivity index (χ0v) is 6.63. The molecule has 0 heterocycles. The molecule has 0 aliphatic rings. The highest BCUT2D eigenvalue weighted by molar-refractivity contribution is 5.44. The minimum atomic E-state index is 0.750. The monoisotopic (exact) mass is 138 g/mol. The van der Waals surface area contributed by atoms with Crippen molar-refractivity contribution in [2.75, 3.05) is 0 Å². The van der Waals surface area contributed by atoms with Crippen LogP contribution in [0, 0.1) is 0 Å². The maximum Gasteiger partial charge on any atom is 0.116 e. The fraction of sp³-hybridized carbons (Fsp3) is 0.222. The van der Waals surface area contributed by atoms with E-state index in [9.17, 15) is 0 Å². The highest BCUT2D eigenvalue weighted by Crippen LogP contribution is 1.86. The van der Waals surface area contributed by atoms with Gasteiger partial charge in [-0.1, -0.05) is 37.0 Å². The van der Waals surface area contributed by atoms with Crippen molar-refractivity contribution >= 4 is 6.29 Å². The maximum absolute atomic E-state index is 8.81. The van der Waals surface area contributed by atoms with Gasteiger partial charge in [0, 0.05) is 0 Å². The van der Waals surface area contributed by atoms with Gasteiger partial charge in [-0.05, 0) is 13.8 Å². The first-order valence-corrected chi connectivity index (χ1v) is 3.03. The van der Waals surface area contributed by atoms with Crippen molar-refractivity contribution in [2.45, 2.75) is 13.8 Å². The van der Waals surface area contributed by atoms with Gasteiger partial charge in [0.1, 0.15) is 6.29 Å². The van der Waals surface area contributed by atoms with Gasteiger partial charge in [0.15, 0.2) is 0 Å². The molecule has 0 aromatic heterocycles. The molecule has 10 heavy (non-hydrogen) atoms. The van der Waals surface area contributed by atoms with Crippen LogP contribution in [0.2, 0.25) is 0 Å². The van der Waals surface area contributed by atoms with Crippen LogP contribution in [0.1, 0.15) is 13.8 Å². The first-order chi connectivity index (χ1) is 4.68. The summed E-state index contributed by atoms with van der Waals surface area (Å²) in [6.07, 6.45) is 6.25. The standard InChI is InChI=1S/C7H10.C2H4O/c1-4-5-6-7(2)3;1-2-3/h4-6H,1-2H2,3H3;2H,1H3/b6-5-;. The fourth-order valence-corrected chi connectivity index (χ4v) is 0.232. The fourth-order valence-electron chi connectivity index (χ4n) is 0.232. The minimum Gasteiger partial charge on any atom is -0.304 e. The number of hydrogen-bond acceptors (Lipinski definition) is 1. The van der Waals surface area contributed by atoms with Gasteiger partial charge in [0.05, 0.1) is 0 Å². The smallest absolute Gasteiger partial charge is 0.116 e. The van der Waals surface area contributed by atoms with Crippen LogP contribution in [0.5, 0.6) is 0 Å². The Hall–Kier alpha value is -1.11. The van der Waals surface area contributed by atoms with E-state index in [1.807, 2.05) is 19.1 Å². The molecular formula is C9H14O. The summed E-state index contributed by atoms with van der Waals surface area (Å²) in [5, 5.41) is 0. The van der Waals surface area contributed by atoms with Gasteiger partial charge in [-0.15, -0.1) is 0 Å². The van der Waals surface area contributed by atoms with Gasteiger partial charge in [-0.2, -0.15) is 0 Å². The molecule has 0 atom stereocenters. The van der Waals surface area contributed by atoms with Crippen LogP contribution in [0.3, 0.4) is 0 Å². The van der Waals surface area contributed by atoms with Crippen LogP contribution < -0.4 is 0 Å². The quantitative estimate of drug-likeness (QED) is 0.423. The summed E-state index contributed by atoms with van der Waals surface area (Å²) < 4.78 is 0. The van der Waals surface area contributed by atoms with E-state index in [-0.39, 0.29) is 0 Å². The zero-order chi connectivity index (χ0) is 8.41. The number of allylic oxidation sites excluding steroid dienone is 4. The minimum absolute atomic E-state index is 0.750. The van der Waals surface area contributed by atoms with Crippen LogP contribution >= 0.6 is 0 Å². The van der Waals surface area contributed by atoms with E-state index in [0.717, 1.165) is 11.9 Å². The summed E-state index contributed by atoms with van der Waals surface area (Å²) in [6.45, 7) is 10.6. The Bertz CT molecular complexity index is 132. The van der Waals surface area contributed by atoms with Crippen molar-refractivity contribution in [1.82, 2.24) is 0 Å². The van der Waals surface area contributed by atoms with Gasteiger partial charge in [-0.3, -0.25) is 0 Å². The average molecular weight is 138 g/mol.